The highest BCUT2D eigenvalue weighted by molar-refractivity contribution is 6.32. The minimum absolute atomic E-state index is 0.0241. The summed E-state index contributed by atoms with van der Waals surface area (Å²) in [6.45, 7) is 2.66. The van der Waals surface area contributed by atoms with Crippen LogP contribution < -0.4 is 0 Å². The van der Waals surface area contributed by atoms with E-state index in [4.69, 9.17) is 11.6 Å². The Morgan fingerprint density at radius 2 is 2.00 bits per heavy atom. The Morgan fingerprint density at radius 1 is 1.24 bits per heavy atom. The van der Waals surface area contributed by atoms with Gasteiger partial charge in [0.1, 0.15) is 5.75 Å². The van der Waals surface area contributed by atoms with Gasteiger partial charge in [0, 0.05) is 45.3 Å². The number of carbonyl (C=O) groups excluding carboxylic acids is 2. The molecule has 2 atom stereocenters. The average molecular weight is 366 g/mol. The molecule has 0 saturated carbocycles. The summed E-state index contributed by atoms with van der Waals surface area (Å²) in [5.41, 5.74) is 0.492. The van der Waals surface area contributed by atoms with Gasteiger partial charge in [0.2, 0.25) is 5.91 Å². The van der Waals surface area contributed by atoms with Crippen LogP contribution in [0.3, 0.4) is 0 Å². The number of phenolic OH excluding ortho intramolecular Hbond substituents is 1. The molecule has 25 heavy (non-hydrogen) atoms. The monoisotopic (exact) mass is 365 g/mol. The van der Waals surface area contributed by atoms with Crippen molar-refractivity contribution >= 4 is 23.4 Å². The third-order valence-electron chi connectivity index (χ3n) is 5.10. The minimum Gasteiger partial charge on any atom is -0.506 e. The van der Waals surface area contributed by atoms with E-state index in [9.17, 15) is 14.7 Å². The van der Waals surface area contributed by atoms with E-state index < -0.39 is 0 Å². The molecule has 0 radical (unpaired) electrons. The molecule has 1 aromatic rings. The van der Waals surface area contributed by atoms with Crippen molar-refractivity contribution in [1.82, 2.24) is 14.7 Å². The summed E-state index contributed by atoms with van der Waals surface area (Å²) in [6.07, 6.45) is 2.03. The highest BCUT2D eigenvalue weighted by Crippen LogP contribution is 2.30. The number of piperidine rings is 1. The van der Waals surface area contributed by atoms with Crippen LogP contribution >= 0.6 is 11.6 Å². The van der Waals surface area contributed by atoms with Crippen LogP contribution in [0, 0.1) is 5.92 Å². The Hall–Kier alpha value is -1.79. The zero-order chi connectivity index (χ0) is 18.1. The second kappa shape index (κ2) is 7.22. The van der Waals surface area contributed by atoms with Crippen LogP contribution in [0.2, 0.25) is 5.02 Å². The number of phenols is 1. The highest BCUT2D eigenvalue weighted by Gasteiger charge is 2.38. The first-order valence-corrected chi connectivity index (χ1v) is 8.95. The molecule has 0 unspecified atom stereocenters. The Labute approximate surface area is 152 Å². The molecule has 1 aromatic carbocycles. The lowest BCUT2D eigenvalue weighted by Gasteiger charge is -2.36. The predicted octanol–water partition coefficient (Wildman–Crippen LogP) is 1.67. The van der Waals surface area contributed by atoms with Gasteiger partial charge in [-0.1, -0.05) is 11.6 Å². The molecular weight excluding hydrogens is 342 g/mol. The fourth-order valence-corrected chi connectivity index (χ4v) is 3.88. The largest absolute Gasteiger partial charge is 0.506 e. The van der Waals surface area contributed by atoms with Crippen molar-refractivity contribution in [1.29, 1.82) is 0 Å². The van der Waals surface area contributed by atoms with Gasteiger partial charge in [-0.05, 0) is 37.0 Å². The number of fused-ring (bicyclic) bond motifs is 4. The van der Waals surface area contributed by atoms with Crippen molar-refractivity contribution in [3.63, 3.8) is 0 Å². The van der Waals surface area contributed by atoms with Gasteiger partial charge in [0.25, 0.3) is 5.91 Å². The Bertz CT molecular complexity index is 680. The maximum atomic E-state index is 12.9. The summed E-state index contributed by atoms with van der Waals surface area (Å²) in [4.78, 5) is 30.7. The molecule has 3 aliphatic heterocycles. The highest BCUT2D eigenvalue weighted by atomic mass is 35.5. The molecule has 3 fully saturated rings. The predicted molar refractivity (Wildman–Crippen MR) is 95.8 cm³/mol. The Morgan fingerprint density at radius 3 is 2.68 bits per heavy atom. The van der Waals surface area contributed by atoms with Crippen molar-refractivity contribution in [3.8, 4) is 5.75 Å². The molecule has 2 amide bonds. The van der Waals surface area contributed by atoms with E-state index in [1.807, 2.05) is 4.90 Å². The van der Waals surface area contributed by atoms with Crippen LogP contribution in [0.4, 0.5) is 0 Å². The topological polar surface area (TPSA) is 64.1 Å². The second-order valence-corrected chi connectivity index (χ2v) is 7.61. The van der Waals surface area contributed by atoms with E-state index in [0.29, 0.717) is 31.1 Å². The number of likely N-dealkylation sites (N-methyl/N-ethyl adjacent to an activating group) is 1. The quantitative estimate of drug-likeness (QED) is 0.885. The summed E-state index contributed by atoms with van der Waals surface area (Å²) in [5.74, 6) is 0.385. The zero-order valence-electron chi connectivity index (χ0n) is 14.6. The molecule has 0 spiro atoms. The number of rotatable bonds is 3. The first kappa shape index (κ1) is 18.0. The maximum absolute atomic E-state index is 12.9. The lowest BCUT2D eigenvalue weighted by Crippen LogP contribution is -2.47. The van der Waals surface area contributed by atoms with Gasteiger partial charge in [-0.15, -0.1) is 0 Å². The van der Waals surface area contributed by atoms with E-state index >= 15 is 0 Å². The second-order valence-electron chi connectivity index (χ2n) is 7.20. The first-order valence-electron chi connectivity index (χ1n) is 8.57. The summed E-state index contributed by atoms with van der Waals surface area (Å²) in [7, 11) is 3.53. The molecule has 3 aliphatic rings. The third kappa shape index (κ3) is 3.90. The van der Waals surface area contributed by atoms with E-state index in [-0.39, 0.29) is 28.6 Å². The van der Waals surface area contributed by atoms with Crippen LogP contribution in [0.5, 0.6) is 5.75 Å². The molecule has 136 valence electrons. The van der Waals surface area contributed by atoms with Crippen LogP contribution in [-0.2, 0) is 4.79 Å². The van der Waals surface area contributed by atoms with Crippen molar-refractivity contribution in [3.05, 3.63) is 28.8 Å². The van der Waals surface area contributed by atoms with Crippen LogP contribution in [0.15, 0.2) is 18.2 Å². The zero-order valence-corrected chi connectivity index (χ0v) is 15.4. The Kier molecular flexibility index (Phi) is 5.20. The van der Waals surface area contributed by atoms with Gasteiger partial charge in [0.15, 0.2) is 0 Å². The molecule has 2 bridgehead atoms. The number of nitrogens with zero attached hydrogens (tertiary/aromatic N) is 3. The molecule has 7 heteroatoms. The fourth-order valence-electron chi connectivity index (χ4n) is 3.70. The van der Waals surface area contributed by atoms with Gasteiger partial charge in [-0.2, -0.15) is 0 Å². The molecule has 0 aromatic heterocycles. The number of halogens is 1. The van der Waals surface area contributed by atoms with Crippen molar-refractivity contribution < 1.29 is 14.7 Å². The van der Waals surface area contributed by atoms with Crippen LogP contribution in [0.1, 0.15) is 23.2 Å². The molecule has 4 rings (SSSR count). The standard InChI is InChI=1S/C18H24ClN3O3/c1-20(2)17(24)11-21-8-12-3-5-14(10-21)22(9-12)18(25)13-4-6-16(23)15(19)7-13/h4,6-7,12,14,23H,3,5,8-11H2,1-2H3/t12-,14+/m0/s1. The van der Waals surface area contributed by atoms with Crippen molar-refractivity contribution in [2.75, 3.05) is 40.3 Å². The molecule has 6 nitrogen and oxygen atoms in total. The molecule has 0 aliphatic carbocycles. The van der Waals surface area contributed by atoms with Gasteiger partial charge in [-0.3, -0.25) is 14.5 Å². The minimum atomic E-state index is -0.0580. The normalized spacial score (nSPS) is 23.4. The number of aromatic hydroxyl groups is 1. The third-order valence-corrected chi connectivity index (χ3v) is 5.41. The number of hydrogen-bond acceptors (Lipinski definition) is 4. The number of amides is 2. The fraction of sp³-hybridized carbons (Fsp3) is 0.556. The molecule has 3 saturated heterocycles. The smallest absolute Gasteiger partial charge is 0.254 e. The lowest BCUT2D eigenvalue weighted by molar-refractivity contribution is -0.129. The lowest BCUT2D eigenvalue weighted by atomic mass is 9.94. The summed E-state index contributed by atoms with van der Waals surface area (Å²) in [5, 5.41) is 9.73. The van der Waals surface area contributed by atoms with E-state index in [0.717, 1.165) is 19.4 Å². The van der Waals surface area contributed by atoms with E-state index in [1.165, 1.54) is 12.1 Å². The number of carbonyl (C=O) groups is 2. The Balaban J connectivity index is 1.75. The molecular formula is C18H24ClN3O3. The van der Waals surface area contributed by atoms with Crippen LogP contribution in [-0.4, -0.2) is 77.9 Å². The van der Waals surface area contributed by atoms with Crippen LogP contribution in [0.25, 0.3) is 0 Å². The summed E-state index contributed by atoms with van der Waals surface area (Å²) < 4.78 is 0. The number of hydrogen-bond donors (Lipinski definition) is 1. The summed E-state index contributed by atoms with van der Waals surface area (Å²) >= 11 is 5.95. The van der Waals surface area contributed by atoms with Gasteiger partial charge in [-0.25, -0.2) is 0 Å². The van der Waals surface area contributed by atoms with E-state index in [1.54, 1.807) is 25.1 Å². The summed E-state index contributed by atoms with van der Waals surface area (Å²) in [6, 6.07) is 4.68. The van der Waals surface area contributed by atoms with Crippen molar-refractivity contribution in [2.24, 2.45) is 5.92 Å². The SMILES string of the molecule is CN(C)C(=O)CN1C[C@@H]2CC[C@H](C1)N(C(=O)c1ccc(O)c(Cl)c1)C2. The van der Waals surface area contributed by atoms with Crippen molar-refractivity contribution in [2.45, 2.75) is 18.9 Å². The number of benzene rings is 1. The van der Waals surface area contributed by atoms with E-state index in [2.05, 4.69) is 4.90 Å². The molecule has 3 heterocycles. The average Bonchev–Trinajstić information content (AvgIpc) is 2.87. The van der Waals surface area contributed by atoms with Gasteiger partial charge < -0.3 is 14.9 Å². The first-order chi connectivity index (χ1) is 11.8. The van der Waals surface area contributed by atoms with Gasteiger partial charge >= 0.3 is 0 Å². The molecule has 1 N–H and O–H groups in total. The van der Waals surface area contributed by atoms with Gasteiger partial charge in [0.05, 0.1) is 11.6 Å². The maximum Gasteiger partial charge on any atom is 0.254 e.